The molecule has 0 saturated carbocycles. The number of methoxy groups -OCH3 is 1. The third-order valence-corrected chi connectivity index (χ3v) is 2.48. The topological polar surface area (TPSA) is 55.5 Å². The van der Waals surface area contributed by atoms with Crippen molar-refractivity contribution in [2.75, 3.05) is 13.7 Å². The molecule has 0 saturated heterocycles. The van der Waals surface area contributed by atoms with Gasteiger partial charge in [0.15, 0.2) is 0 Å². The Bertz CT molecular complexity index is 291. The van der Waals surface area contributed by atoms with E-state index in [1.807, 2.05) is 0 Å². The largest absolute Gasteiger partial charge is 0.497 e. The Labute approximate surface area is 85.6 Å². The van der Waals surface area contributed by atoms with E-state index >= 15 is 0 Å². The second kappa shape index (κ2) is 4.60. The predicted molar refractivity (Wildman–Crippen MR) is 54.7 cm³/mol. The molecule has 1 aromatic rings. The van der Waals surface area contributed by atoms with E-state index in [9.17, 15) is 5.11 Å². The lowest BCUT2D eigenvalue weighted by molar-refractivity contribution is 0.186. The molecule has 1 atom stereocenters. The van der Waals surface area contributed by atoms with Crippen LogP contribution in [0.3, 0.4) is 0 Å². The number of nitrogens with two attached hydrogens (primary N) is 1. The van der Waals surface area contributed by atoms with Crippen molar-refractivity contribution >= 4 is 15.9 Å². The molecule has 0 radical (unpaired) electrons. The Morgan fingerprint density at radius 1 is 1.62 bits per heavy atom. The predicted octanol–water partition coefficient (Wildman–Crippen LogP) is 1.45. The summed E-state index contributed by atoms with van der Waals surface area (Å²) in [5.74, 6) is 0.750. The summed E-state index contributed by atoms with van der Waals surface area (Å²) in [5, 5.41) is 9.48. The summed E-state index contributed by atoms with van der Waals surface area (Å²) in [6, 6.07) is 5.38. The van der Waals surface area contributed by atoms with Crippen LogP contribution in [0.2, 0.25) is 0 Å². The van der Waals surface area contributed by atoms with Gasteiger partial charge in [-0.3, -0.25) is 0 Å². The lowest BCUT2D eigenvalue weighted by Gasteiger charge is -2.11. The van der Waals surface area contributed by atoms with Crippen molar-refractivity contribution in [2.45, 2.75) is 6.10 Å². The van der Waals surface area contributed by atoms with Crippen molar-refractivity contribution in [2.24, 2.45) is 5.73 Å². The van der Waals surface area contributed by atoms with Crippen molar-refractivity contribution in [3.05, 3.63) is 28.2 Å². The van der Waals surface area contributed by atoms with Gasteiger partial charge in [-0.1, -0.05) is 22.0 Å². The fraction of sp³-hybridized carbons (Fsp3) is 0.333. The second-order valence-electron chi connectivity index (χ2n) is 2.64. The minimum absolute atomic E-state index is 0.213. The molecule has 1 rings (SSSR count). The van der Waals surface area contributed by atoms with Gasteiger partial charge in [-0.15, -0.1) is 0 Å². The number of benzene rings is 1. The zero-order valence-corrected chi connectivity index (χ0v) is 8.91. The van der Waals surface area contributed by atoms with Gasteiger partial charge >= 0.3 is 0 Å². The van der Waals surface area contributed by atoms with Crippen molar-refractivity contribution in [3.63, 3.8) is 0 Å². The van der Waals surface area contributed by atoms with Crippen LogP contribution in [0.5, 0.6) is 5.75 Å². The molecule has 0 aliphatic rings. The maximum atomic E-state index is 9.48. The summed E-state index contributed by atoms with van der Waals surface area (Å²) < 4.78 is 5.83. The van der Waals surface area contributed by atoms with Gasteiger partial charge in [-0.2, -0.15) is 0 Å². The molecule has 0 spiro atoms. The summed E-state index contributed by atoms with van der Waals surface area (Å²) >= 11 is 3.33. The molecule has 0 amide bonds. The summed E-state index contributed by atoms with van der Waals surface area (Å²) in [5.41, 5.74) is 6.12. The maximum absolute atomic E-state index is 9.48. The summed E-state index contributed by atoms with van der Waals surface area (Å²) in [7, 11) is 1.60. The van der Waals surface area contributed by atoms with Crippen molar-refractivity contribution in [1.29, 1.82) is 0 Å². The number of ether oxygens (including phenoxy) is 1. The quantitative estimate of drug-likeness (QED) is 0.848. The first kappa shape index (κ1) is 10.5. The SMILES string of the molecule is COc1ccc([C@H](O)CN)c(Br)c1. The van der Waals surface area contributed by atoms with Crippen molar-refractivity contribution < 1.29 is 9.84 Å². The van der Waals surface area contributed by atoms with E-state index in [-0.39, 0.29) is 6.54 Å². The van der Waals surface area contributed by atoms with Gasteiger partial charge in [-0.25, -0.2) is 0 Å². The third-order valence-electron chi connectivity index (χ3n) is 1.79. The van der Waals surface area contributed by atoms with Crippen molar-refractivity contribution in [3.8, 4) is 5.75 Å². The first-order chi connectivity index (χ1) is 6.19. The highest BCUT2D eigenvalue weighted by atomic mass is 79.9. The van der Waals surface area contributed by atoms with E-state index in [0.29, 0.717) is 0 Å². The molecule has 0 aliphatic carbocycles. The molecule has 1 aromatic carbocycles. The van der Waals surface area contributed by atoms with E-state index in [1.54, 1.807) is 25.3 Å². The van der Waals surface area contributed by atoms with Crippen molar-refractivity contribution in [1.82, 2.24) is 0 Å². The Kier molecular flexibility index (Phi) is 3.71. The third kappa shape index (κ3) is 2.43. The van der Waals surface area contributed by atoms with Crippen LogP contribution in [0.4, 0.5) is 0 Å². The fourth-order valence-corrected chi connectivity index (χ4v) is 1.65. The molecular formula is C9H12BrNO2. The zero-order chi connectivity index (χ0) is 9.84. The first-order valence-corrected chi connectivity index (χ1v) is 4.70. The van der Waals surface area contributed by atoms with Crippen LogP contribution >= 0.6 is 15.9 Å². The molecule has 0 fully saturated rings. The van der Waals surface area contributed by atoms with E-state index in [4.69, 9.17) is 10.5 Å². The van der Waals surface area contributed by atoms with Crippen LogP contribution in [0, 0.1) is 0 Å². The molecule has 0 aliphatic heterocycles. The monoisotopic (exact) mass is 245 g/mol. The highest BCUT2D eigenvalue weighted by Crippen LogP contribution is 2.27. The second-order valence-corrected chi connectivity index (χ2v) is 3.49. The molecule has 0 heterocycles. The summed E-state index contributed by atoms with van der Waals surface area (Å²) in [6.07, 6.45) is -0.625. The molecular weight excluding hydrogens is 234 g/mol. The Morgan fingerprint density at radius 2 is 2.31 bits per heavy atom. The van der Waals surface area contributed by atoms with Crippen LogP contribution < -0.4 is 10.5 Å². The fourth-order valence-electron chi connectivity index (χ4n) is 1.03. The minimum atomic E-state index is -0.625. The lowest BCUT2D eigenvalue weighted by Crippen LogP contribution is -2.11. The number of hydrogen-bond donors (Lipinski definition) is 2. The maximum Gasteiger partial charge on any atom is 0.120 e. The van der Waals surface area contributed by atoms with Crippen LogP contribution in [-0.4, -0.2) is 18.8 Å². The van der Waals surface area contributed by atoms with Gasteiger partial charge in [0, 0.05) is 11.0 Å². The van der Waals surface area contributed by atoms with E-state index < -0.39 is 6.10 Å². The smallest absolute Gasteiger partial charge is 0.120 e. The van der Waals surface area contributed by atoms with Gasteiger partial charge < -0.3 is 15.6 Å². The zero-order valence-electron chi connectivity index (χ0n) is 7.33. The van der Waals surface area contributed by atoms with Gasteiger partial charge in [0.1, 0.15) is 5.75 Å². The number of aliphatic hydroxyl groups excluding tert-OH is 1. The van der Waals surface area contributed by atoms with E-state index in [2.05, 4.69) is 15.9 Å². The van der Waals surface area contributed by atoms with Crippen LogP contribution in [0.15, 0.2) is 22.7 Å². The van der Waals surface area contributed by atoms with Crippen LogP contribution in [-0.2, 0) is 0 Å². The Balaban J connectivity index is 2.98. The minimum Gasteiger partial charge on any atom is -0.497 e. The van der Waals surface area contributed by atoms with E-state index in [1.165, 1.54) is 0 Å². The normalized spacial score (nSPS) is 12.6. The van der Waals surface area contributed by atoms with Gasteiger partial charge in [-0.05, 0) is 17.7 Å². The van der Waals surface area contributed by atoms with Gasteiger partial charge in [0.2, 0.25) is 0 Å². The molecule has 3 nitrogen and oxygen atoms in total. The number of aliphatic hydroxyl groups is 1. The average molecular weight is 246 g/mol. The molecule has 3 N–H and O–H groups in total. The highest BCUT2D eigenvalue weighted by Gasteiger charge is 2.09. The first-order valence-electron chi connectivity index (χ1n) is 3.90. The Morgan fingerprint density at radius 3 is 2.77 bits per heavy atom. The molecule has 72 valence electrons. The lowest BCUT2D eigenvalue weighted by atomic mass is 10.1. The van der Waals surface area contributed by atoms with E-state index in [0.717, 1.165) is 15.8 Å². The summed E-state index contributed by atoms with van der Waals surface area (Å²) in [4.78, 5) is 0. The van der Waals surface area contributed by atoms with Crippen LogP contribution in [0.1, 0.15) is 11.7 Å². The van der Waals surface area contributed by atoms with Crippen LogP contribution in [0.25, 0.3) is 0 Å². The molecule has 4 heteroatoms. The van der Waals surface area contributed by atoms with Gasteiger partial charge in [0.05, 0.1) is 13.2 Å². The number of halogens is 1. The highest BCUT2D eigenvalue weighted by molar-refractivity contribution is 9.10. The van der Waals surface area contributed by atoms with Gasteiger partial charge in [0.25, 0.3) is 0 Å². The number of hydrogen-bond acceptors (Lipinski definition) is 3. The molecule has 0 aromatic heterocycles. The molecule has 13 heavy (non-hydrogen) atoms. The average Bonchev–Trinajstić information content (AvgIpc) is 2.16. The Hall–Kier alpha value is -0.580. The molecule has 0 unspecified atom stereocenters. The summed E-state index contributed by atoms with van der Waals surface area (Å²) in [6.45, 7) is 0.213. The number of rotatable bonds is 3. The molecule has 0 bridgehead atoms. The standard InChI is InChI=1S/C9H12BrNO2/c1-13-6-2-3-7(8(10)4-6)9(12)5-11/h2-4,9,12H,5,11H2,1H3/t9-/m1/s1.